The van der Waals surface area contributed by atoms with Crippen LogP contribution >= 0.6 is 0 Å². The van der Waals surface area contributed by atoms with E-state index in [1.165, 1.54) is 51.9 Å². The van der Waals surface area contributed by atoms with E-state index in [0.29, 0.717) is 6.04 Å². The van der Waals surface area contributed by atoms with Crippen molar-refractivity contribution in [1.29, 1.82) is 0 Å². The zero-order chi connectivity index (χ0) is 9.10. The number of hydrogen-bond donors (Lipinski definition) is 2. The Morgan fingerprint density at radius 3 is 2.23 bits per heavy atom. The van der Waals surface area contributed by atoms with Crippen molar-refractivity contribution in [3.8, 4) is 0 Å². The fourth-order valence-electron chi connectivity index (χ4n) is 2.51. The van der Waals surface area contributed by atoms with E-state index in [0.717, 1.165) is 6.04 Å². The Morgan fingerprint density at radius 1 is 1.00 bits per heavy atom. The maximum Gasteiger partial charge on any atom is 0.0110 e. The SMILES string of the molecule is NC1CCC(N2CCNCC2)CC1. The molecule has 0 aromatic heterocycles. The lowest BCUT2D eigenvalue weighted by Gasteiger charge is -2.38. The predicted molar refractivity (Wildman–Crippen MR) is 54.7 cm³/mol. The molecule has 1 saturated heterocycles. The van der Waals surface area contributed by atoms with Crippen molar-refractivity contribution in [3.05, 3.63) is 0 Å². The van der Waals surface area contributed by atoms with E-state index >= 15 is 0 Å². The lowest BCUT2D eigenvalue weighted by molar-refractivity contribution is 0.133. The van der Waals surface area contributed by atoms with Crippen LogP contribution in [0, 0.1) is 0 Å². The first-order valence-corrected chi connectivity index (χ1v) is 5.56. The molecular weight excluding hydrogens is 162 g/mol. The Labute approximate surface area is 80.7 Å². The highest BCUT2D eigenvalue weighted by Gasteiger charge is 2.24. The highest BCUT2D eigenvalue weighted by Crippen LogP contribution is 2.22. The summed E-state index contributed by atoms with van der Waals surface area (Å²) in [6.45, 7) is 4.81. The highest BCUT2D eigenvalue weighted by atomic mass is 15.2. The van der Waals surface area contributed by atoms with Gasteiger partial charge in [-0.2, -0.15) is 0 Å². The van der Waals surface area contributed by atoms with Gasteiger partial charge in [0.15, 0.2) is 0 Å². The van der Waals surface area contributed by atoms with Gasteiger partial charge in [0, 0.05) is 38.3 Å². The van der Waals surface area contributed by atoms with Crippen LogP contribution in [0.5, 0.6) is 0 Å². The van der Waals surface area contributed by atoms with Gasteiger partial charge in [-0.25, -0.2) is 0 Å². The summed E-state index contributed by atoms with van der Waals surface area (Å²) >= 11 is 0. The zero-order valence-corrected chi connectivity index (χ0v) is 8.34. The van der Waals surface area contributed by atoms with E-state index in [2.05, 4.69) is 10.2 Å². The van der Waals surface area contributed by atoms with Crippen molar-refractivity contribution >= 4 is 0 Å². The molecule has 0 spiro atoms. The van der Waals surface area contributed by atoms with Gasteiger partial charge in [-0.15, -0.1) is 0 Å². The summed E-state index contributed by atoms with van der Waals surface area (Å²) in [6, 6.07) is 1.32. The maximum atomic E-state index is 5.90. The molecule has 0 aromatic rings. The van der Waals surface area contributed by atoms with Crippen molar-refractivity contribution in [3.63, 3.8) is 0 Å². The molecule has 1 saturated carbocycles. The molecule has 0 radical (unpaired) electrons. The van der Waals surface area contributed by atoms with Crippen LogP contribution in [0.3, 0.4) is 0 Å². The van der Waals surface area contributed by atoms with E-state index in [9.17, 15) is 0 Å². The van der Waals surface area contributed by atoms with E-state index in [1.807, 2.05) is 0 Å². The molecule has 0 amide bonds. The normalized spacial score (nSPS) is 37.6. The van der Waals surface area contributed by atoms with Crippen molar-refractivity contribution in [2.24, 2.45) is 5.73 Å². The van der Waals surface area contributed by atoms with E-state index in [1.54, 1.807) is 0 Å². The van der Waals surface area contributed by atoms with Gasteiger partial charge in [0.2, 0.25) is 0 Å². The fourth-order valence-corrected chi connectivity index (χ4v) is 2.51. The largest absolute Gasteiger partial charge is 0.328 e. The van der Waals surface area contributed by atoms with Crippen LogP contribution in [0.15, 0.2) is 0 Å². The van der Waals surface area contributed by atoms with Gasteiger partial charge in [0.1, 0.15) is 0 Å². The molecule has 76 valence electrons. The molecule has 3 heteroatoms. The quantitative estimate of drug-likeness (QED) is 0.608. The second-order valence-corrected chi connectivity index (χ2v) is 4.35. The molecule has 0 bridgehead atoms. The van der Waals surface area contributed by atoms with Gasteiger partial charge in [0.05, 0.1) is 0 Å². The average molecular weight is 183 g/mol. The Bertz CT molecular complexity index is 146. The van der Waals surface area contributed by atoms with Crippen LogP contribution in [0.1, 0.15) is 25.7 Å². The molecule has 0 atom stereocenters. The number of nitrogens with one attached hydrogen (secondary N) is 1. The molecule has 0 aromatic carbocycles. The minimum Gasteiger partial charge on any atom is -0.328 e. The van der Waals surface area contributed by atoms with Crippen molar-refractivity contribution < 1.29 is 0 Å². The van der Waals surface area contributed by atoms with Crippen LogP contribution in [0.25, 0.3) is 0 Å². The average Bonchev–Trinajstić information content (AvgIpc) is 2.20. The van der Waals surface area contributed by atoms with Gasteiger partial charge >= 0.3 is 0 Å². The Hall–Kier alpha value is -0.120. The van der Waals surface area contributed by atoms with Crippen LogP contribution in [-0.2, 0) is 0 Å². The summed E-state index contributed by atoms with van der Waals surface area (Å²) in [7, 11) is 0. The minimum atomic E-state index is 0.485. The summed E-state index contributed by atoms with van der Waals surface area (Å²) in [5, 5.41) is 3.40. The Morgan fingerprint density at radius 2 is 1.62 bits per heavy atom. The molecule has 13 heavy (non-hydrogen) atoms. The van der Waals surface area contributed by atoms with Gasteiger partial charge in [-0.05, 0) is 25.7 Å². The molecule has 3 N–H and O–H groups in total. The highest BCUT2D eigenvalue weighted by molar-refractivity contribution is 4.83. The minimum absolute atomic E-state index is 0.485. The number of nitrogens with zero attached hydrogens (tertiary/aromatic N) is 1. The standard InChI is InChI=1S/C10H21N3/c11-9-1-3-10(4-2-9)13-7-5-12-6-8-13/h9-10,12H,1-8,11H2. The lowest BCUT2D eigenvalue weighted by Crippen LogP contribution is -2.50. The number of rotatable bonds is 1. The zero-order valence-electron chi connectivity index (χ0n) is 8.34. The van der Waals surface area contributed by atoms with Gasteiger partial charge in [0.25, 0.3) is 0 Å². The summed E-state index contributed by atoms with van der Waals surface area (Å²) in [5.41, 5.74) is 5.90. The summed E-state index contributed by atoms with van der Waals surface area (Å²) < 4.78 is 0. The van der Waals surface area contributed by atoms with Crippen molar-refractivity contribution in [1.82, 2.24) is 10.2 Å². The van der Waals surface area contributed by atoms with Crippen LogP contribution in [0.2, 0.25) is 0 Å². The molecule has 2 aliphatic rings. The molecular formula is C10H21N3. The second kappa shape index (κ2) is 4.40. The second-order valence-electron chi connectivity index (χ2n) is 4.35. The number of nitrogens with two attached hydrogens (primary N) is 1. The fraction of sp³-hybridized carbons (Fsp3) is 1.00. The van der Waals surface area contributed by atoms with Crippen LogP contribution < -0.4 is 11.1 Å². The van der Waals surface area contributed by atoms with Gasteiger partial charge in [-0.1, -0.05) is 0 Å². The van der Waals surface area contributed by atoms with Crippen molar-refractivity contribution in [2.75, 3.05) is 26.2 Å². The van der Waals surface area contributed by atoms with Crippen molar-refractivity contribution in [2.45, 2.75) is 37.8 Å². The monoisotopic (exact) mass is 183 g/mol. The first-order valence-electron chi connectivity index (χ1n) is 5.56. The van der Waals surface area contributed by atoms with E-state index < -0.39 is 0 Å². The summed E-state index contributed by atoms with van der Waals surface area (Å²) in [4.78, 5) is 2.64. The number of hydrogen-bond acceptors (Lipinski definition) is 3. The molecule has 3 nitrogen and oxygen atoms in total. The maximum absolute atomic E-state index is 5.90. The Balaban J connectivity index is 1.79. The van der Waals surface area contributed by atoms with E-state index in [4.69, 9.17) is 5.73 Å². The van der Waals surface area contributed by atoms with Gasteiger partial charge in [-0.3, -0.25) is 4.90 Å². The molecule has 1 aliphatic heterocycles. The molecule has 2 fully saturated rings. The third-order valence-electron chi connectivity index (χ3n) is 3.41. The smallest absolute Gasteiger partial charge is 0.0110 e. The molecule has 0 unspecified atom stereocenters. The first kappa shape index (κ1) is 9.44. The number of piperazine rings is 1. The topological polar surface area (TPSA) is 41.3 Å². The Kier molecular flexibility index (Phi) is 3.19. The third-order valence-corrected chi connectivity index (χ3v) is 3.41. The van der Waals surface area contributed by atoms with E-state index in [-0.39, 0.29) is 0 Å². The van der Waals surface area contributed by atoms with Crippen LogP contribution in [-0.4, -0.2) is 43.2 Å². The summed E-state index contributed by atoms with van der Waals surface area (Å²) in [6.07, 6.45) is 5.10. The van der Waals surface area contributed by atoms with Gasteiger partial charge < -0.3 is 11.1 Å². The molecule has 1 heterocycles. The van der Waals surface area contributed by atoms with Crippen LogP contribution in [0.4, 0.5) is 0 Å². The third kappa shape index (κ3) is 2.42. The summed E-state index contributed by atoms with van der Waals surface area (Å²) in [5.74, 6) is 0. The molecule has 2 rings (SSSR count). The predicted octanol–water partition coefficient (Wildman–Crippen LogP) is 0.162. The lowest BCUT2D eigenvalue weighted by atomic mass is 9.90. The molecule has 1 aliphatic carbocycles. The first-order chi connectivity index (χ1) is 6.36.